The van der Waals surface area contributed by atoms with Gasteiger partial charge in [-0.3, -0.25) is 9.59 Å². The Morgan fingerprint density at radius 2 is 1.13 bits per heavy atom. The van der Waals surface area contributed by atoms with Gasteiger partial charge in [-0.15, -0.1) is 0 Å². The molecule has 31 heavy (non-hydrogen) atoms. The Labute approximate surface area is 210 Å². The molecule has 0 bridgehead atoms. The number of aliphatic carboxylic acids is 1. The number of rotatable bonds is 21. The van der Waals surface area contributed by atoms with Crippen LogP contribution in [0, 0.1) is 0 Å². The number of ketones is 2. The van der Waals surface area contributed by atoms with E-state index in [1.165, 1.54) is 70.6 Å². The molecule has 176 valence electrons. The first-order valence-corrected chi connectivity index (χ1v) is 11.9. The van der Waals surface area contributed by atoms with E-state index in [9.17, 15) is 29.7 Å². The Balaban J connectivity index is 0. The number of carboxylic acid groups (broad SMARTS) is 1. The number of hydrogen-bond donors (Lipinski definition) is 2. The Hall–Kier alpha value is -0.270. The van der Waals surface area contributed by atoms with Crippen LogP contribution in [-0.2, 0) is 14.4 Å². The number of hydrogen-bond acceptors (Lipinski definition) is 6. The summed E-state index contributed by atoms with van der Waals surface area (Å²) in [7, 11) is 0. The van der Waals surface area contributed by atoms with Gasteiger partial charge in [0, 0.05) is 12.8 Å². The van der Waals surface area contributed by atoms with Gasteiger partial charge >= 0.3 is 29.6 Å². The summed E-state index contributed by atoms with van der Waals surface area (Å²) in [6.07, 6.45) is 15.7. The van der Waals surface area contributed by atoms with Crippen molar-refractivity contribution in [2.24, 2.45) is 0 Å². The number of aliphatic hydroxyl groups excluding tert-OH is 1. The van der Waals surface area contributed by atoms with E-state index in [-0.39, 0.29) is 36.0 Å². The van der Waals surface area contributed by atoms with E-state index in [0.717, 1.165) is 26.2 Å². The summed E-state index contributed by atoms with van der Waals surface area (Å²) in [4.78, 5) is 34.7. The first-order valence-electron chi connectivity index (χ1n) is 11.9. The van der Waals surface area contributed by atoms with Crippen molar-refractivity contribution in [3.05, 3.63) is 0 Å². The maximum atomic E-state index is 11.9. The average Bonchev–Trinajstić information content (AvgIpc) is 2.69. The van der Waals surface area contributed by atoms with Crippen LogP contribution in [0.4, 0.5) is 0 Å². The van der Waals surface area contributed by atoms with Gasteiger partial charge in [0.05, 0.1) is 5.97 Å². The monoisotopic (exact) mass is 450 g/mol. The zero-order valence-corrected chi connectivity index (χ0v) is 22.1. The fourth-order valence-corrected chi connectivity index (χ4v) is 3.67. The Morgan fingerprint density at radius 3 is 1.45 bits per heavy atom. The quantitative estimate of drug-likeness (QED) is 0.151. The molecule has 2 atom stereocenters. The number of aliphatic hydroxyl groups is 2. The van der Waals surface area contributed by atoms with Crippen LogP contribution in [0.3, 0.4) is 0 Å². The third kappa shape index (κ3) is 16.1. The van der Waals surface area contributed by atoms with Crippen molar-refractivity contribution in [1.82, 2.24) is 0 Å². The molecule has 0 saturated heterocycles. The van der Waals surface area contributed by atoms with Crippen LogP contribution in [0.25, 0.3) is 0 Å². The second-order valence-electron chi connectivity index (χ2n) is 8.60. The molecule has 0 radical (unpaired) electrons. The maximum absolute atomic E-state index is 11.9. The first kappa shape index (κ1) is 32.9. The molecule has 2 unspecified atom stereocenters. The third-order valence-electron chi connectivity index (χ3n) is 5.64. The number of carbonyl (C=O) groups excluding carboxylic acids is 3. The number of unbranched alkanes of at least 4 members (excludes halogenated alkanes) is 14. The van der Waals surface area contributed by atoms with E-state index in [1.54, 1.807) is 0 Å². The molecule has 0 aliphatic heterocycles. The van der Waals surface area contributed by atoms with E-state index in [4.69, 9.17) is 0 Å². The summed E-state index contributed by atoms with van der Waals surface area (Å²) in [5.41, 5.74) is -2.94. The molecule has 0 spiro atoms. The summed E-state index contributed by atoms with van der Waals surface area (Å²) in [5, 5.41) is 30.2. The number of carbonyl (C=O) groups is 3. The smallest absolute Gasteiger partial charge is 0.546 e. The van der Waals surface area contributed by atoms with Crippen molar-refractivity contribution >= 4 is 17.5 Å². The van der Waals surface area contributed by atoms with Crippen LogP contribution < -0.4 is 34.7 Å². The molecule has 0 aromatic carbocycles. The van der Waals surface area contributed by atoms with E-state index < -0.39 is 35.7 Å². The van der Waals surface area contributed by atoms with Gasteiger partial charge in [0.2, 0.25) is 0 Å². The van der Waals surface area contributed by atoms with Crippen LogP contribution >= 0.6 is 0 Å². The largest absolute Gasteiger partial charge is 1.00 e. The SMILES string of the molecule is CCCCCCCCCCCCCCCCCC(=O)CC(O)(C(=O)[O-])C(=O)C(C)O.[Na+]. The Bertz CT molecular complexity index is 494. The molecular formula is C24H43NaO6. The molecule has 0 aromatic heterocycles. The Morgan fingerprint density at radius 1 is 0.774 bits per heavy atom. The third-order valence-corrected chi connectivity index (χ3v) is 5.64. The molecule has 0 fully saturated rings. The van der Waals surface area contributed by atoms with Crippen molar-refractivity contribution < 1.29 is 59.3 Å². The van der Waals surface area contributed by atoms with Crippen molar-refractivity contribution in [3.8, 4) is 0 Å². The molecule has 7 heteroatoms. The van der Waals surface area contributed by atoms with Gasteiger partial charge in [-0.05, 0) is 13.3 Å². The normalized spacial score (nSPS) is 13.8. The maximum Gasteiger partial charge on any atom is 1.00 e. The van der Waals surface area contributed by atoms with E-state index in [0.29, 0.717) is 6.42 Å². The zero-order valence-electron chi connectivity index (χ0n) is 20.1. The number of Topliss-reactive ketones (excluding diaryl/α,β-unsaturated/α-hetero) is 2. The van der Waals surface area contributed by atoms with Gasteiger partial charge in [-0.1, -0.05) is 96.8 Å². The molecule has 2 N–H and O–H groups in total. The zero-order chi connectivity index (χ0) is 22.8. The standard InChI is InChI=1S/C24H44O6.Na/c1-3-4-5-6-7-8-9-10-11-12-13-14-15-16-17-18-21(26)19-24(30,23(28)29)22(27)20(2)25;/h20,25,30H,3-19H2,1-2H3,(H,28,29);/q;+1/p-1. The van der Waals surface area contributed by atoms with Crippen molar-refractivity contribution in [1.29, 1.82) is 0 Å². The second-order valence-corrected chi connectivity index (χ2v) is 8.60. The van der Waals surface area contributed by atoms with Gasteiger partial charge in [-0.2, -0.15) is 0 Å². The summed E-state index contributed by atoms with van der Waals surface area (Å²) < 4.78 is 0. The molecule has 0 saturated carbocycles. The topological polar surface area (TPSA) is 115 Å². The first-order chi connectivity index (χ1) is 14.3. The average molecular weight is 451 g/mol. The number of carboxylic acids is 1. The molecule has 0 rings (SSSR count). The van der Waals surface area contributed by atoms with Crippen molar-refractivity contribution in [2.75, 3.05) is 0 Å². The van der Waals surface area contributed by atoms with Gasteiger partial charge in [0.25, 0.3) is 0 Å². The molecule has 0 heterocycles. The molecule has 0 aliphatic carbocycles. The van der Waals surface area contributed by atoms with E-state index in [2.05, 4.69) is 6.92 Å². The second kappa shape index (κ2) is 20.3. The minimum atomic E-state index is -2.94. The predicted molar refractivity (Wildman–Crippen MR) is 116 cm³/mol. The van der Waals surface area contributed by atoms with Crippen LogP contribution in [0.2, 0.25) is 0 Å². The van der Waals surface area contributed by atoms with Crippen LogP contribution in [0.1, 0.15) is 123 Å². The van der Waals surface area contributed by atoms with Gasteiger partial charge in [0.15, 0.2) is 11.4 Å². The van der Waals surface area contributed by atoms with Crippen LogP contribution in [0.5, 0.6) is 0 Å². The van der Waals surface area contributed by atoms with Gasteiger partial charge < -0.3 is 20.1 Å². The Kier molecular flexibility index (Phi) is 21.6. The molecular weight excluding hydrogens is 407 g/mol. The minimum Gasteiger partial charge on any atom is -0.546 e. The van der Waals surface area contributed by atoms with Crippen molar-refractivity contribution in [3.63, 3.8) is 0 Å². The van der Waals surface area contributed by atoms with Gasteiger partial charge in [0.1, 0.15) is 11.9 Å². The molecule has 0 amide bonds. The molecule has 0 aromatic rings. The summed E-state index contributed by atoms with van der Waals surface area (Å²) in [6, 6.07) is 0. The fraction of sp³-hybridized carbons (Fsp3) is 0.875. The van der Waals surface area contributed by atoms with Gasteiger partial charge in [-0.25, -0.2) is 0 Å². The minimum absolute atomic E-state index is 0. The predicted octanol–water partition coefficient (Wildman–Crippen LogP) is 0.642. The summed E-state index contributed by atoms with van der Waals surface area (Å²) in [5.74, 6) is -3.86. The summed E-state index contributed by atoms with van der Waals surface area (Å²) >= 11 is 0. The van der Waals surface area contributed by atoms with Crippen LogP contribution in [0.15, 0.2) is 0 Å². The fourth-order valence-electron chi connectivity index (χ4n) is 3.67. The van der Waals surface area contributed by atoms with Crippen LogP contribution in [-0.4, -0.2) is 39.5 Å². The van der Waals surface area contributed by atoms with E-state index in [1.807, 2.05) is 0 Å². The summed E-state index contributed by atoms with van der Waals surface area (Å²) in [6.45, 7) is 3.29. The van der Waals surface area contributed by atoms with Crippen molar-refractivity contribution in [2.45, 2.75) is 135 Å². The molecule has 0 aliphatic rings. The molecule has 6 nitrogen and oxygen atoms in total. The van der Waals surface area contributed by atoms with E-state index >= 15 is 0 Å².